The molecule has 4 rings (SSSR count). The summed E-state index contributed by atoms with van der Waals surface area (Å²) in [6.07, 6.45) is 9.16. The molecule has 0 radical (unpaired) electrons. The lowest BCUT2D eigenvalue weighted by Crippen LogP contribution is -2.35. The Hall–Kier alpha value is -3.09. The minimum Gasteiger partial charge on any atom is -0.355 e. The first-order valence-corrected chi connectivity index (χ1v) is 8.82. The van der Waals surface area contributed by atoms with Gasteiger partial charge in [-0.05, 0) is 31.9 Å². The van der Waals surface area contributed by atoms with Gasteiger partial charge in [-0.2, -0.15) is 0 Å². The predicted molar refractivity (Wildman–Crippen MR) is 101 cm³/mol. The topological polar surface area (TPSA) is 79.7 Å². The number of aromatic nitrogens is 5. The summed E-state index contributed by atoms with van der Waals surface area (Å²) in [5.74, 6) is 3.62. The number of aryl methyl sites for hydroxylation is 1. The number of anilines is 3. The molecule has 3 aromatic rings. The van der Waals surface area contributed by atoms with Crippen LogP contribution in [-0.2, 0) is 0 Å². The quantitative estimate of drug-likeness (QED) is 0.777. The monoisotopic (exact) mass is 347 g/mol. The SMILES string of the molecule is Cc1cc(Nc2ccccn2)nc([C@H]2CCCN(c3cnccn3)C2)n1. The van der Waals surface area contributed by atoms with E-state index in [0.29, 0.717) is 0 Å². The molecular weight excluding hydrogens is 326 g/mol. The smallest absolute Gasteiger partial charge is 0.147 e. The average molecular weight is 347 g/mol. The Morgan fingerprint density at radius 1 is 1.08 bits per heavy atom. The molecule has 1 N–H and O–H groups in total. The van der Waals surface area contributed by atoms with Gasteiger partial charge in [0.15, 0.2) is 0 Å². The van der Waals surface area contributed by atoms with Crippen molar-refractivity contribution in [3.8, 4) is 0 Å². The normalized spacial score (nSPS) is 17.1. The number of pyridine rings is 1. The van der Waals surface area contributed by atoms with E-state index in [4.69, 9.17) is 9.97 Å². The van der Waals surface area contributed by atoms with Crippen molar-refractivity contribution in [1.29, 1.82) is 0 Å². The van der Waals surface area contributed by atoms with Gasteiger partial charge >= 0.3 is 0 Å². The van der Waals surface area contributed by atoms with E-state index in [2.05, 4.69) is 25.2 Å². The molecule has 7 heteroatoms. The summed E-state index contributed by atoms with van der Waals surface area (Å²) < 4.78 is 0. The lowest BCUT2D eigenvalue weighted by molar-refractivity contribution is 0.488. The third kappa shape index (κ3) is 3.77. The standard InChI is InChI=1S/C19H21N7/c1-14-11-17(24-16-6-2-3-7-21-16)25-19(23-14)15-5-4-10-26(13-15)18-12-20-8-9-22-18/h2-3,6-9,11-12,15H,4-5,10,13H2,1H3,(H,21,23,24,25)/t15-/m0/s1. The van der Waals surface area contributed by atoms with Gasteiger partial charge in [0.25, 0.3) is 0 Å². The second-order valence-electron chi connectivity index (χ2n) is 6.44. The summed E-state index contributed by atoms with van der Waals surface area (Å²) in [5, 5.41) is 3.27. The molecule has 1 atom stereocenters. The average Bonchev–Trinajstić information content (AvgIpc) is 2.69. The summed E-state index contributed by atoms with van der Waals surface area (Å²) in [6.45, 7) is 3.84. The van der Waals surface area contributed by atoms with Gasteiger partial charge in [0.1, 0.15) is 23.3 Å². The van der Waals surface area contributed by atoms with Crippen LogP contribution >= 0.6 is 0 Å². The summed E-state index contributed by atoms with van der Waals surface area (Å²) in [4.78, 5) is 24.6. The van der Waals surface area contributed by atoms with Crippen molar-refractivity contribution in [3.05, 3.63) is 60.6 Å². The first-order valence-electron chi connectivity index (χ1n) is 8.82. The fourth-order valence-corrected chi connectivity index (χ4v) is 3.26. The largest absolute Gasteiger partial charge is 0.355 e. The molecule has 0 spiro atoms. The minimum atomic E-state index is 0.273. The molecule has 0 aromatic carbocycles. The van der Waals surface area contributed by atoms with E-state index in [-0.39, 0.29) is 5.92 Å². The Morgan fingerprint density at radius 3 is 2.85 bits per heavy atom. The van der Waals surface area contributed by atoms with Gasteiger partial charge in [0.2, 0.25) is 0 Å². The van der Waals surface area contributed by atoms with Crippen LogP contribution in [0.5, 0.6) is 0 Å². The molecule has 1 saturated heterocycles. The first-order chi connectivity index (χ1) is 12.8. The summed E-state index contributed by atoms with van der Waals surface area (Å²) in [5.41, 5.74) is 0.949. The van der Waals surface area contributed by atoms with Crippen molar-refractivity contribution in [2.24, 2.45) is 0 Å². The number of rotatable bonds is 4. The molecule has 7 nitrogen and oxygen atoms in total. The van der Waals surface area contributed by atoms with Crippen LogP contribution < -0.4 is 10.2 Å². The zero-order chi connectivity index (χ0) is 17.8. The fourth-order valence-electron chi connectivity index (χ4n) is 3.26. The molecule has 0 bridgehead atoms. The van der Waals surface area contributed by atoms with Crippen molar-refractivity contribution in [1.82, 2.24) is 24.9 Å². The molecule has 4 heterocycles. The highest BCUT2D eigenvalue weighted by Gasteiger charge is 2.25. The van der Waals surface area contributed by atoms with Gasteiger partial charge in [0.05, 0.1) is 6.20 Å². The number of nitrogens with one attached hydrogen (secondary N) is 1. The van der Waals surface area contributed by atoms with Gasteiger partial charge in [-0.25, -0.2) is 19.9 Å². The molecule has 0 aliphatic carbocycles. The molecule has 1 aliphatic rings. The Bertz CT molecular complexity index is 854. The van der Waals surface area contributed by atoms with Crippen LogP contribution in [0.25, 0.3) is 0 Å². The van der Waals surface area contributed by atoms with E-state index in [9.17, 15) is 0 Å². The second-order valence-corrected chi connectivity index (χ2v) is 6.44. The van der Waals surface area contributed by atoms with Gasteiger partial charge in [0, 0.05) is 49.4 Å². The summed E-state index contributed by atoms with van der Waals surface area (Å²) >= 11 is 0. The Kier molecular flexibility index (Phi) is 4.68. The van der Waals surface area contributed by atoms with Crippen LogP contribution in [0, 0.1) is 6.92 Å². The molecule has 1 aliphatic heterocycles. The highest BCUT2D eigenvalue weighted by Crippen LogP contribution is 2.28. The second kappa shape index (κ2) is 7.43. The Balaban J connectivity index is 1.55. The number of nitrogens with zero attached hydrogens (tertiary/aromatic N) is 6. The predicted octanol–water partition coefficient (Wildman–Crippen LogP) is 3.10. The Labute approximate surface area is 152 Å². The minimum absolute atomic E-state index is 0.273. The maximum Gasteiger partial charge on any atom is 0.147 e. The van der Waals surface area contributed by atoms with Gasteiger partial charge < -0.3 is 10.2 Å². The van der Waals surface area contributed by atoms with Crippen molar-refractivity contribution in [2.75, 3.05) is 23.3 Å². The lowest BCUT2D eigenvalue weighted by atomic mass is 9.97. The van der Waals surface area contributed by atoms with E-state index in [0.717, 1.165) is 54.9 Å². The maximum atomic E-state index is 4.76. The molecule has 0 saturated carbocycles. The van der Waals surface area contributed by atoms with Crippen molar-refractivity contribution >= 4 is 17.5 Å². The maximum absolute atomic E-state index is 4.76. The van der Waals surface area contributed by atoms with E-state index in [1.807, 2.05) is 37.4 Å². The summed E-state index contributed by atoms with van der Waals surface area (Å²) in [6, 6.07) is 7.71. The molecule has 132 valence electrons. The van der Waals surface area contributed by atoms with Crippen LogP contribution in [0.15, 0.2) is 49.1 Å². The third-order valence-electron chi connectivity index (χ3n) is 4.45. The molecule has 0 unspecified atom stereocenters. The van der Waals surface area contributed by atoms with Crippen LogP contribution in [0.2, 0.25) is 0 Å². The van der Waals surface area contributed by atoms with Crippen LogP contribution in [0.1, 0.15) is 30.3 Å². The van der Waals surface area contributed by atoms with Crippen molar-refractivity contribution < 1.29 is 0 Å². The highest BCUT2D eigenvalue weighted by atomic mass is 15.2. The van der Waals surface area contributed by atoms with Crippen LogP contribution in [-0.4, -0.2) is 38.0 Å². The fraction of sp³-hybridized carbons (Fsp3) is 0.316. The van der Waals surface area contributed by atoms with E-state index >= 15 is 0 Å². The van der Waals surface area contributed by atoms with E-state index in [1.165, 1.54) is 0 Å². The molecular formula is C19H21N7. The zero-order valence-electron chi connectivity index (χ0n) is 14.7. The molecule has 1 fully saturated rings. The van der Waals surface area contributed by atoms with Gasteiger partial charge in [-0.3, -0.25) is 4.98 Å². The molecule has 3 aromatic heterocycles. The summed E-state index contributed by atoms with van der Waals surface area (Å²) in [7, 11) is 0. The Morgan fingerprint density at radius 2 is 2.04 bits per heavy atom. The molecule has 0 amide bonds. The first kappa shape index (κ1) is 16.4. The van der Waals surface area contributed by atoms with E-state index in [1.54, 1.807) is 18.6 Å². The lowest BCUT2D eigenvalue weighted by Gasteiger charge is -2.32. The molecule has 26 heavy (non-hydrogen) atoms. The third-order valence-corrected chi connectivity index (χ3v) is 4.45. The number of hydrogen-bond donors (Lipinski definition) is 1. The van der Waals surface area contributed by atoms with Crippen molar-refractivity contribution in [2.45, 2.75) is 25.7 Å². The van der Waals surface area contributed by atoms with Crippen LogP contribution in [0.3, 0.4) is 0 Å². The number of piperidine rings is 1. The van der Waals surface area contributed by atoms with Crippen LogP contribution in [0.4, 0.5) is 17.5 Å². The van der Waals surface area contributed by atoms with Gasteiger partial charge in [-0.1, -0.05) is 6.07 Å². The van der Waals surface area contributed by atoms with E-state index < -0.39 is 0 Å². The number of hydrogen-bond acceptors (Lipinski definition) is 7. The van der Waals surface area contributed by atoms with Gasteiger partial charge in [-0.15, -0.1) is 0 Å². The highest BCUT2D eigenvalue weighted by molar-refractivity contribution is 5.51. The zero-order valence-corrected chi connectivity index (χ0v) is 14.7. The van der Waals surface area contributed by atoms with Crippen molar-refractivity contribution in [3.63, 3.8) is 0 Å².